The molecule has 2 heterocycles. The van der Waals surface area contributed by atoms with E-state index in [-0.39, 0.29) is 12.4 Å². The van der Waals surface area contributed by atoms with Gasteiger partial charge >= 0.3 is 0 Å². The Morgan fingerprint density at radius 3 is 2.95 bits per heavy atom. The monoisotopic (exact) mass is 303 g/mol. The molecule has 4 nitrogen and oxygen atoms in total. The fourth-order valence-electron chi connectivity index (χ4n) is 2.19. The zero-order chi connectivity index (χ0) is 12.6. The molecule has 1 fully saturated rings. The van der Waals surface area contributed by atoms with Gasteiger partial charge in [-0.2, -0.15) is 0 Å². The number of hydrogen-bond donors (Lipinski definition) is 1. The molecule has 0 spiro atoms. The van der Waals surface area contributed by atoms with E-state index < -0.39 is 0 Å². The van der Waals surface area contributed by atoms with E-state index in [0.717, 1.165) is 30.3 Å². The normalized spacial score (nSPS) is 18.9. The number of nitrogens with one attached hydrogen (secondary N) is 1. The van der Waals surface area contributed by atoms with E-state index in [4.69, 9.17) is 4.74 Å². The first-order chi connectivity index (χ1) is 8.90. The summed E-state index contributed by atoms with van der Waals surface area (Å²) in [5.41, 5.74) is 0.946. The summed E-state index contributed by atoms with van der Waals surface area (Å²) in [6, 6.07) is 0.639. The summed E-state index contributed by atoms with van der Waals surface area (Å²) in [6.07, 6.45) is 10.5. The first-order valence-electron chi connectivity index (χ1n) is 6.55. The van der Waals surface area contributed by atoms with Crippen molar-refractivity contribution in [3.63, 3.8) is 0 Å². The molecule has 19 heavy (non-hydrogen) atoms. The molecule has 1 saturated heterocycles. The average Bonchev–Trinajstić information content (AvgIpc) is 2.45. The molecule has 0 saturated carbocycles. The first kappa shape index (κ1) is 16.7. The maximum absolute atomic E-state index is 5.71. The van der Waals surface area contributed by atoms with Gasteiger partial charge in [-0.3, -0.25) is 4.98 Å². The van der Waals surface area contributed by atoms with Crippen molar-refractivity contribution >= 4 is 24.2 Å². The van der Waals surface area contributed by atoms with Crippen LogP contribution in [0, 0.1) is 0 Å². The van der Waals surface area contributed by atoms with Crippen molar-refractivity contribution in [3.05, 3.63) is 18.1 Å². The number of aromatic nitrogens is 2. The zero-order valence-corrected chi connectivity index (χ0v) is 12.9. The molecule has 1 aliphatic heterocycles. The minimum atomic E-state index is 0. The van der Waals surface area contributed by atoms with Gasteiger partial charge in [0.15, 0.2) is 0 Å². The summed E-state index contributed by atoms with van der Waals surface area (Å²) in [5.74, 6) is 0. The van der Waals surface area contributed by atoms with Gasteiger partial charge in [0.05, 0.1) is 12.3 Å². The van der Waals surface area contributed by atoms with E-state index in [2.05, 4.69) is 15.3 Å². The van der Waals surface area contributed by atoms with Crippen molar-refractivity contribution in [2.75, 3.05) is 19.4 Å². The van der Waals surface area contributed by atoms with Crippen LogP contribution in [0.4, 0.5) is 0 Å². The smallest absolute Gasteiger partial charge is 0.120 e. The molecule has 1 aromatic rings. The molecule has 1 aromatic heterocycles. The lowest BCUT2D eigenvalue weighted by atomic mass is 10.0. The summed E-state index contributed by atoms with van der Waals surface area (Å²) in [6.45, 7) is 2.52. The highest BCUT2D eigenvalue weighted by Gasteiger charge is 2.12. The lowest BCUT2D eigenvalue weighted by Crippen LogP contribution is -2.34. The molecule has 1 N–H and O–H groups in total. The van der Waals surface area contributed by atoms with E-state index in [1.165, 1.54) is 19.3 Å². The van der Waals surface area contributed by atoms with Gasteiger partial charge in [0.2, 0.25) is 0 Å². The van der Waals surface area contributed by atoms with E-state index in [1.54, 1.807) is 24.2 Å². The van der Waals surface area contributed by atoms with Crippen LogP contribution in [-0.4, -0.2) is 35.4 Å². The Kier molecular flexibility index (Phi) is 8.37. The molecule has 0 aliphatic carbocycles. The number of ether oxygens (including phenoxy) is 1. The summed E-state index contributed by atoms with van der Waals surface area (Å²) >= 11 is 1.62. The van der Waals surface area contributed by atoms with E-state index in [1.807, 2.05) is 6.26 Å². The highest BCUT2D eigenvalue weighted by Crippen LogP contribution is 2.16. The van der Waals surface area contributed by atoms with Crippen molar-refractivity contribution in [1.29, 1.82) is 0 Å². The molecular weight excluding hydrogens is 282 g/mol. The Morgan fingerprint density at radius 1 is 1.37 bits per heavy atom. The highest BCUT2D eigenvalue weighted by molar-refractivity contribution is 7.98. The van der Waals surface area contributed by atoms with Crippen LogP contribution in [-0.2, 0) is 11.3 Å². The van der Waals surface area contributed by atoms with Crippen LogP contribution in [0.2, 0.25) is 0 Å². The number of halogens is 1. The van der Waals surface area contributed by atoms with Crippen molar-refractivity contribution < 1.29 is 4.74 Å². The van der Waals surface area contributed by atoms with Gasteiger partial charge in [0, 0.05) is 25.0 Å². The first-order valence-corrected chi connectivity index (χ1v) is 7.77. The van der Waals surface area contributed by atoms with Crippen molar-refractivity contribution in [2.45, 2.75) is 43.4 Å². The Balaban J connectivity index is 0.00000180. The molecule has 0 aromatic carbocycles. The Labute approximate surface area is 125 Å². The number of thioether (sulfide) groups is 1. The van der Waals surface area contributed by atoms with Gasteiger partial charge in [-0.05, 0) is 32.1 Å². The van der Waals surface area contributed by atoms with Crippen molar-refractivity contribution in [2.24, 2.45) is 0 Å². The second-order valence-electron chi connectivity index (χ2n) is 4.50. The zero-order valence-electron chi connectivity index (χ0n) is 11.3. The van der Waals surface area contributed by atoms with Gasteiger partial charge < -0.3 is 10.1 Å². The summed E-state index contributed by atoms with van der Waals surface area (Å²) in [5, 5.41) is 4.49. The molecule has 0 bridgehead atoms. The SMILES string of the molecule is CSc1nccnc1COCCC1CCCCN1.Cl. The third kappa shape index (κ3) is 5.65. The maximum Gasteiger partial charge on any atom is 0.120 e. The molecule has 108 valence electrons. The highest BCUT2D eigenvalue weighted by atomic mass is 35.5. The van der Waals surface area contributed by atoms with Crippen molar-refractivity contribution in [3.8, 4) is 0 Å². The lowest BCUT2D eigenvalue weighted by molar-refractivity contribution is 0.104. The van der Waals surface area contributed by atoms with Crippen LogP contribution < -0.4 is 5.32 Å². The van der Waals surface area contributed by atoms with Crippen LogP contribution in [0.1, 0.15) is 31.4 Å². The Hall–Kier alpha value is -0.360. The van der Waals surface area contributed by atoms with Gasteiger partial charge in [-0.1, -0.05) is 6.42 Å². The molecule has 1 unspecified atom stereocenters. The third-order valence-corrected chi connectivity index (χ3v) is 3.92. The molecule has 1 aliphatic rings. The second kappa shape index (κ2) is 9.53. The standard InChI is InChI=1S/C13H21N3OS.ClH/c1-18-13-12(15-7-8-16-13)10-17-9-5-11-4-2-3-6-14-11;/h7-8,11,14H,2-6,9-10H2,1H3;1H. The van der Waals surface area contributed by atoms with E-state index in [9.17, 15) is 0 Å². The molecule has 1 atom stereocenters. The largest absolute Gasteiger partial charge is 0.375 e. The number of piperidine rings is 1. The predicted octanol–water partition coefficient (Wildman–Crippen LogP) is 2.67. The van der Waals surface area contributed by atoms with Crippen LogP contribution >= 0.6 is 24.2 Å². The van der Waals surface area contributed by atoms with Crippen LogP contribution in [0.25, 0.3) is 0 Å². The van der Waals surface area contributed by atoms with Gasteiger partial charge in [-0.25, -0.2) is 4.98 Å². The predicted molar refractivity (Wildman–Crippen MR) is 81.0 cm³/mol. The molecular formula is C13H22ClN3OS. The van der Waals surface area contributed by atoms with Gasteiger partial charge in [0.25, 0.3) is 0 Å². The minimum absolute atomic E-state index is 0. The lowest BCUT2D eigenvalue weighted by Gasteiger charge is -2.23. The summed E-state index contributed by atoms with van der Waals surface area (Å²) < 4.78 is 5.71. The second-order valence-corrected chi connectivity index (χ2v) is 5.30. The van der Waals surface area contributed by atoms with E-state index >= 15 is 0 Å². The van der Waals surface area contributed by atoms with Gasteiger partial charge in [0.1, 0.15) is 5.03 Å². The molecule has 6 heteroatoms. The summed E-state index contributed by atoms with van der Waals surface area (Å²) in [7, 11) is 0. The van der Waals surface area contributed by atoms with Crippen LogP contribution in [0.15, 0.2) is 17.4 Å². The fraction of sp³-hybridized carbons (Fsp3) is 0.692. The Bertz CT molecular complexity index is 361. The van der Waals surface area contributed by atoms with Crippen LogP contribution in [0.3, 0.4) is 0 Å². The number of hydrogen-bond acceptors (Lipinski definition) is 5. The number of rotatable bonds is 6. The van der Waals surface area contributed by atoms with Gasteiger partial charge in [-0.15, -0.1) is 24.2 Å². The fourth-order valence-corrected chi connectivity index (χ4v) is 2.70. The maximum atomic E-state index is 5.71. The average molecular weight is 304 g/mol. The summed E-state index contributed by atoms with van der Waals surface area (Å²) in [4.78, 5) is 8.58. The molecule has 2 rings (SSSR count). The topological polar surface area (TPSA) is 47.0 Å². The third-order valence-electron chi connectivity index (χ3n) is 3.19. The quantitative estimate of drug-likeness (QED) is 0.647. The van der Waals surface area contributed by atoms with Crippen LogP contribution in [0.5, 0.6) is 0 Å². The minimum Gasteiger partial charge on any atom is -0.375 e. The molecule has 0 radical (unpaired) electrons. The van der Waals surface area contributed by atoms with Crippen molar-refractivity contribution in [1.82, 2.24) is 15.3 Å². The number of nitrogens with zero attached hydrogens (tertiary/aromatic N) is 2. The van der Waals surface area contributed by atoms with E-state index in [0.29, 0.717) is 12.6 Å². The molecule has 0 amide bonds. The Morgan fingerprint density at radius 2 is 2.21 bits per heavy atom.